The number of carbonyl (C=O) groups excluding carboxylic acids is 1. The zero-order valence-electron chi connectivity index (χ0n) is 11.3. The molecule has 21 heavy (non-hydrogen) atoms. The van der Waals surface area contributed by atoms with Gasteiger partial charge >= 0.3 is 0 Å². The Kier molecular flexibility index (Phi) is 4.64. The zero-order chi connectivity index (χ0) is 15.4. The van der Waals surface area contributed by atoms with Gasteiger partial charge in [-0.3, -0.25) is 9.59 Å². The summed E-state index contributed by atoms with van der Waals surface area (Å²) in [5.41, 5.74) is 6.31. The fourth-order valence-electron chi connectivity index (χ4n) is 1.78. The van der Waals surface area contributed by atoms with E-state index in [2.05, 4.69) is 21.2 Å². The van der Waals surface area contributed by atoms with Gasteiger partial charge in [0.25, 0.3) is 5.56 Å². The van der Waals surface area contributed by atoms with Gasteiger partial charge in [-0.15, -0.1) is 0 Å². The minimum atomic E-state index is -0.331. The Balaban J connectivity index is 2.13. The minimum Gasteiger partial charge on any atom is -0.497 e. The maximum absolute atomic E-state index is 12.0. The van der Waals surface area contributed by atoms with Crippen LogP contribution in [-0.4, -0.2) is 17.6 Å². The number of pyridine rings is 1. The molecule has 6 nitrogen and oxygen atoms in total. The molecule has 0 saturated heterocycles. The van der Waals surface area contributed by atoms with Gasteiger partial charge in [-0.05, 0) is 18.2 Å². The number of nitrogens with zero attached hydrogens (tertiary/aromatic N) is 1. The van der Waals surface area contributed by atoms with Crippen molar-refractivity contribution in [2.24, 2.45) is 0 Å². The summed E-state index contributed by atoms with van der Waals surface area (Å²) < 4.78 is 7.14. The highest BCUT2D eigenvalue weighted by Crippen LogP contribution is 2.24. The molecule has 1 amide bonds. The fourth-order valence-corrected chi connectivity index (χ4v) is 2.25. The number of anilines is 2. The second-order valence-electron chi connectivity index (χ2n) is 4.36. The average Bonchev–Trinajstić information content (AvgIpc) is 2.42. The lowest BCUT2D eigenvalue weighted by Crippen LogP contribution is -2.27. The fraction of sp³-hybridized carbons (Fsp3) is 0.143. The molecule has 0 fully saturated rings. The summed E-state index contributed by atoms with van der Waals surface area (Å²) in [5, 5.41) is 2.70. The lowest BCUT2D eigenvalue weighted by atomic mass is 10.3. The van der Waals surface area contributed by atoms with Gasteiger partial charge in [-0.2, -0.15) is 0 Å². The molecule has 0 radical (unpaired) electrons. The summed E-state index contributed by atoms with van der Waals surface area (Å²) in [5.74, 6) is 0.281. The summed E-state index contributed by atoms with van der Waals surface area (Å²) in [4.78, 5) is 23.6. The van der Waals surface area contributed by atoms with Crippen molar-refractivity contribution < 1.29 is 9.53 Å². The van der Waals surface area contributed by atoms with Crippen LogP contribution < -0.4 is 21.3 Å². The van der Waals surface area contributed by atoms with Crippen molar-refractivity contribution in [2.75, 3.05) is 18.2 Å². The molecule has 0 aliphatic carbocycles. The lowest BCUT2D eigenvalue weighted by molar-refractivity contribution is -0.116. The number of hydrogen-bond donors (Lipinski definition) is 2. The highest BCUT2D eigenvalue weighted by molar-refractivity contribution is 9.10. The second kappa shape index (κ2) is 6.45. The van der Waals surface area contributed by atoms with E-state index < -0.39 is 0 Å². The van der Waals surface area contributed by atoms with E-state index in [9.17, 15) is 9.59 Å². The number of nitrogen functional groups attached to an aromatic ring is 1. The number of halogens is 1. The van der Waals surface area contributed by atoms with E-state index in [1.165, 1.54) is 22.9 Å². The van der Waals surface area contributed by atoms with Crippen molar-refractivity contribution in [3.05, 3.63) is 51.4 Å². The highest BCUT2D eigenvalue weighted by Gasteiger charge is 2.07. The number of nitrogens with two attached hydrogens (primary N) is 1. The normalized spacial score (nSPS) is 10.2. The lowest BCUT2D eigenvalue weighted by Gasteiger charge is -2.09. The van der Waals surface area contributed by atoms with Crippen LogP contribution in [0, 0.1) is 0 Å². The van der Waals surface area contributed by atoms with E-state index in [4.69, 9.17) is 10.5 Å². The molecule has 2 rings (SSSR count). The van der Waals surface area contributed by atoms with Gasteiger partial charge in [0, 0.05) is 34.2 Å². The first kappa shape index (κ1) is 15.1. The SMILES string of the molecule is COc1cc(Br)cc(NC(=O)Cn2cc(N)ccc2=O)c1. The Hall–Kier alpha value is -2.28. The number of methoxy groups -OCH3 is 1. The molecular formula is C14H14BrN3O3. The van der Waals surface area contributed by atoms with E-state index >= 15 is 0 Å². The Labute approximate surface area is 129 Å². The van der Waals surface area contributed by atoms with Gasteiger partial charge in [0.1, 0.15) is 12.3 Å². The van der Waals surface area contributed by atoms with Gasteiger partial charge in [-0.1, -0.05) is 15.9 Å². The first-order valence-electron chi connectivity index (χ1n) is 6.08. The van der Waals surface area contributed by atoms with Gasteiger partial charge < -0.3 is 20.4 Å². The van der Waals surface area contributed by atoms with Crippen LogP contribution in [0.1, 0.15) is 0 Å². The average molecular weight is 352 g/mol. The number of amides is 1. The molecule has 0 aliphatic rings. The number of aromatic nitrogens is 1. The molecule has 0 saturated carbocycles. The maximum Gasteiger partial charge on any atom is 0.251 e. The molecule has 1 aromatic heterocycles. The smallest absolute Gasteiger partial charge is 0.251 e. The number of rotatable bonds is 4. The Morgan fingerprint density at radius 2 is 2.14 bits per heavy atom. The first-order chi connectivity index (χ1) is 9.97. The molecular weight excluding hydrogens is 338 g/mol. The van der Waals surface area contributed by atoms with Crippen molar-refractivity contribution in [2.45, 2.75) is 6.54 Å². The molecule has 0 unspecified atom stereocenters. The Bertz CT molecular complexity index is 728. The summed E-state index contributed by atoms with van der Waals surface area (Å²) in [6, 6.07) is 8.02. The monoisotopic (exact) mass is 351 g/mol. The molecule has 0 aliphatic heterocycles. The van der Waals surface area contributed by atoms with E-state index in [1.807, 2.05) is 0 Å². The van der Waals surface area contributed by atoms with Crippen molar-refractivity contribution in [3.63, 3.8) is 0 Å². The largest absolute Gasteiger partial charge is 0.497 e. The number of ether oxygens (including phenoxy) is 1. The van der Waals surface area contributed by atoms with Crippen molar-refractivity contribution in [3.8, 4) is 5.75 Å². The van der Waals surface area contributed by atoms with Crippen LogP contribution in [0.2, 0.25) is 0 Å². The molecule has 3 N–H and O–H groups in total. The number of carbonyl (C=O) groups is 1. The van der Waals surface area contributed by atoms with Gasteiger partial charge in [0.15, 0.2) is 0 Å². The molecule has 0 bridgehead atoms. The van der Waals surface area contributed by atoms with Crippen LogP contribution in [-0.2, 0) is 11.3 Å². The molecule has 7 heteroatoms. The number of hydrogen-bond acceptors (Lipinski definition) is 4. The van der Waals surface area contributed by atoms with Gasteiger partial charge in [-0.25, -0.2) is 0 Å². The Morgan fingerprint density at radius 1 is 1.38 bits per heavy atom. The summed E-state index contributed by atoms with van der Waals surface area (Å²) >= 11 is 3.33. The van der Waals surface area contributed by atoms with E-state index in [-0.39, 0.29) is 18.0 Å². The number of nitrogens with one attached hydrogen (secondary N) is 1. The topological polar surface area (TPSA) is 86.3 Å². The molecule has 0 spiro atoms. The third kappa shape index (κ3) is 4.09. The van der Waals surface area contributed by atoms with Crippen LogP contribution >= 0.6 is 15.9 Å². The Morgan fingerprint density at radius 3 is 2.86 bits per heavy atom. The molecule has 110 valence electrons. The second-order valence-corrected chi connectivity index (χ2v) is 5.27. The van der Waals surface area contributed by atoms with Crippen LogP contribution in [0.25, 0.3) is 0 Å². The minimum absolute atomic E-state index is 0.112. The molecule has 0 atom stereocenters. The molecule has 1 aromatic carbocycles. The van der Waals surface area contributed by atoms with E-state index in [0.717, 1.165) is 4.47 Å². The van der Waals surface area contributed by atoms with E-state index in [0.29, 0.717) is 17.1 Å². The maximum atomic E-state index is 12.0. The third-order valence-electron chi connectivity index (χ3n) is 2.71. The van der Waals surface area contributed by atoms with Crippen molar-refractivity contribution in [1.82, 2.24) is 4.57 Å². The third-order valence-corrected chi connectivity index (χ3v) is 3.17. The van der Waals surface area contributed by atoms with Gasteiger partial charge in [0.2, 0.25) is 5.91 Å². The summed E-state index contributed by atoms with van der Waals surface area (Å²) in [6.45, 7) is -0.112. The van der Waals surface area contributed by atoms with Crippen molar-refractivity contribution >= 4 is 33.2 Å². The van der Waals surface area contributed by atoms with E-state index in [1.54, 1.807) is 25.3 Å². The summed E-state index contributed by atoms with van der Waals surface area (Å²) in [6.07, 6.45) is 1.43. The predicted octanol–water partition coefficient (Wildman–Crippen LogP) is 1.84. The van der Waals surface area contributed by atoms with Gasteiger partial charge in [0.05, 0.1) is 7.11 Å². The predicted molar refractivity (Wildman–Crippen MR) is 84.4 cm³/mol. The molecule has 2 aromatic rings. The quantitative estimate of drug-likeness (QED) is 0.879. The summed E-state index contributed by atoms with van der Waals surface area (Å²) in [7, 11) is 1.54. The van der Waals surface area contributed by atoms with Crippen LogP contribution in [0.5, 0.6) is 5.75 Å². The van der Waals surface area contributed by atoms with Crippen LogP contribution in [0.15, 0.2) is 45.8 Å². The molecule has 1 heterocycles. The number of benzene rings is 1. The zero-order valence-corrected chi connectivity index (χ0v) is 12.9. The van der Waals surface area contributed by atoms with Crippen LogP contribution in [0.3, 0.4) is 0 Å². The van der Waals surface area contributed by atoms with Crippen LogP contribution in [0.4, 0.5) is 11.4 Å². The first-order valence-corrected chi connectivity index (χ1v) is 6.87. The highest BCUT2D eigenvalue weighted by atomic mass is 79.9. The van der Waals surface area contributed by atoms with Crippen molar-refractivity contribution in [1.29, 1.82) is 0 Å². The standard InChI is InChI=1S/C14H14BrN3O3/c1-21-12-5-9(15)4-11(6-12)17-13(19)8-18-7-10(16)2-3-14(18)20/h2-7H,8,16H2,1H3,(H,17,19).